The molecule has 2 atom stereocenters. The van der Waals surface area contributed by atoms with Crippen LogP contribution in [0.5, 0.6) is 5.75 Å². The van der Waals surface area contributed by atoms with E-state index in [-0.39, 0.29) is 5.91 Å². The average molecular weight is 350 g/mol. The largest absolute Gasteiger partial charge is 0.464 e. The van der Waals surface area contributed by atoms with E-state index >= 15 is 0 Å². The van der Waals surface area contributed by atoms with E-state index in [0.29, 0.717) is 12.0 Å². The normalized spacial score (nSPS) is 28.0. The Hall–Kier alpha value is -2.07. The third-order valence-corrected chi connectivity index (χ3v) is 6.22. The summed E-state index contributed by atoms with van der Waals surface area (Å²) >= 11 is 0. The van der Waals surface area contributed by atoms with E-state index in [4.69, 9.17) is 4.74 Å². The quantitative estimate of drug-likeness (QED) is 0.838. The molecule has 4 heterocycles. The third-order valence-electron chi connectivity index (χ3n) is 6.22. The van der Waals surface area contributed by atoms with Crippen molar-refractivity contribution in [2.75, 3.05) is 26.2 Å². The number of amides is 1. The predicted molar refractivity (Wildman–Crippen MR) is 102 cm³/mol. The Labute approximate surface area is 155 Å². The molecule has 4 fully saturated rings. The van der Waals surface area contributed by atoms with Gasteiger partial charge in [0.25, 0.3) is 5.91 Å². The third kappa shape index (κ3) is 3.18. The van der Waals surface area contributed by atoms with E-state index in [0.717, 1.165) is 35.9 Å². The predicted octanol–water partition coefficient (Wildman–Crippen LogP) is 3.31. The van der Waals surface area contributed by atoms with E-state index in [1.807, 2.05) is 36.4 Å². The minimum absolute atomic E-state index is 0.145. The maximum absolute atomic E-state index is 13.3. The number of hydrogen-bond donors (Lipinski definition) is 0. The zero-order chi connectivity index (χ0) is 17.5. The molecule has 1 aliphatic carbocycles. The van der Waals surface area contributed by atoms with Gasteiger partial charge in [0, 0.05) is 43.4 Å². The number of fused-ring (bicyclic) bond motifs is 5. The lowest BCUT2D eigenvalue weighted by Crippen LogP contribution is -2.45. The molecule has 5 aliphatic rings. The lowest BCUT2D eigenvalue weighted by Gasteiger charge is -2.36. The van der Waals surface area contributed by atoms with Crippen LogP contribution >= 0.6 is 0 Å². The SMILES string of the molecule is O=C(C1=Cc2ccccc2OC=C1)N1C[C@H]2CC[C@@H](C1)N(CC1CC1)C2. The molecule has 0 spiro atoms. The van der Waals surface area contributed by atoms with Gasteiger partial charge in [-0.3, -0.25) is 9.69 Å². The maximum Gasteiger partial charge on any atom is 0.254 e. The Morgan fingerprint density at radius 2 is 1.96 bits per heavy atom. The van der Waals surface area contributed by atoms with Crippen LogP contribution in [0.3, 0.4) is 0 Å². The zero-order valence-corrected chi connectivity index (χ0v) is 15.1. The highest BCUT2D eigenvalue weighted by Gasteiger charge is 2.38. The van der Waals surface area contributed by atoms with Crippen molar-refractivity contribution in [3.05, 3.63) is 47.7 Å². The summed E-state index contributed by atoms with van der Waals surface area (Å²) in [4.78, 5) is 18.0. The summed E-state index contributed by atoms with van der Waals surface area (Å²) in [5, 5.41) is 0. The Morgan fingerprint density at radius 1 is 1.08 bits per heavy atom. The van der Waals surface area contributed by atoms with Gasteiger partial charge in [-0.1, -0.05) is 18.2 Å². The van der Waals surface area contributed by atoms with Crippen molar-refractivity contribution in [3.63, 3.8) is 0 Å². The number of rotatable bonds is 3. The monoisotopic (exact) mass is 350 g/mol. The van der Waals surface area contributed by atoms with Crippen LogP contribution in [0.4, 0.5) is 0 Å². The lowest BCUT2D eigenvalue weighted by atomic mass is 9.95. The van der Waals surface area contributed by atoms with Gasteiger partial charge >= 0.3 is 0 Å². The molecule has 1 saturated carbocycles. The van der Waals surface area contributed by atoms with Crippen LogP contribution in [0, 0.1) is 11.8 Å². The van der Waals surface area contributed by atoms with E-state index < -0.39 is 0 Å². The van der Waals surface area contributed by atoms with Crippen molar-refractivity contribution in [3.8, 4) is 5.75 Å². The molecule has 4 aliphatic heterocycles. The number of carbonyl (C=O) groups is 1. The topological polar surface area (TPSA) is 32.8 Å². The van der Waals surface area contributed by atoms with Gasteiger partial charge in [0.2, 0.25) is 0 Å². The molecule has 0 aromatic heterocycles. The van der Waals surface area contributed by atoms with Crippen molar-refractivity contribution in [1.82, 2.24) is 9.80 Å². The van der Waals surface area contributed by atoms with Crippen molar-refractivity contribution in [2.45, 2.75) is 31.7 Å². The summed E-state index contributed by atoms with van der Waals surface area (Å²) in [6.45, 7) is 4.18. The van der Waals surface area contributed by atoms with Gasteiger partial charge in [0.05, 0.1) is 6.26 Å². The minimum Gasteiger partial charge on any atom is -0.464 e. The van der Waals surface area contributed by atoms with E-state index in [1.165, 1.54) is 38.8 Å². The standard InChI is InChI=1S/C22H26N2O2/c25-22(19-9-10-26-21-4-2-1-3-18(21)11-19)24-14-17-7-8-20(15-24)23(13-17)12-16-5-6-16/h1-4,9-11,16-17,20H,5-8,12-15H2/t17-,20-/m0/s1. The van der Waals surface area contributed by atoms with Gasteiger partial charge in [-0.05, 0) is 55.7 Å². The van der Waals surface area contributed by atoms with Gasteiger partial charge in [-0.15, -0.1) is 0 Å². The van der Waals surface area contributed by atoms with Gasteiger partial charge < -0.3 is 9.64 Å². The summed E-state index contributed by atoms with van der Waals surface area (Å²) in [5.41, 5.74) is 1.69. The molecule has 1 amide bonds. The first-order chi connectivity index (χ1) is 12.8. The average Bonchev–Trinajstić information content (AvgIpc) is 3.49. The summed E-state index contributed by atoms with van der Waals surface area (Å²) in [6.07, 6.45) is 10.7. The summed E-state index contributed by atoms with van der Waals surface area (Å²) < 4.78 is 5.65. The van der Waals surface area contributed by atoms with Crippen LogP contribution in [0.2, 0.25) is 0 Å². The van der Waals surface area contributed by atoms with Gasteiger partial charge in [0.15, 0.2) is 0 Å². The summed E-state index contributed by atoms with van der Waals surface area (Å²) in [6, 6.07) is 8.41. The lowest BCUT2D eigenvalue weighted by molar-refractivity contribution is -0.127. The molecule has 4 heteroatoms. The number of hydrogen-bond acceptors (Lipinski definition) is 3. The smallest absolute Gasteiger partial charge is 0.254 e. The molecule has 0 radical (unpaired) electrons. The van der Waals surface area contributed by atoms with Crippen molar-refractivity contribution in [2.24, 2.45) is 11.8 Å². The summed E-state index contributed by atoms with van der Waals surface area (Å²) in [7, 11) is 0. The Bertz CT molecular complexity index is 765. The second-order valence-corrected chi connectivity index (χ2v) is 8.26. The Morgan fingerprint density at radius 3 is 2.85 bits per heavy atom. The molecule has 1 aromatic carbocycles. The second kappa shape index (κ2) is 6.58. The van der Waals surface area contributed by atoms with Crippen LogP contribution in [0.15, 0.2) is 42.2 Å². The molecule has 136 valence electrons. The highest BCUT2D eigenvalue weighted by molar-refractivity contribution is 6.01. The van der Waals surface area contributed by atoms with Gasteiger partial charge in [-0.2, -0.15) is 0 Å². The fourth-order valence-electron chi connectivity index (χ4n) is 4.62. The zero-order valence-electron chi connectivity index (χ0n) is 15.1. The van der Waals surface area contributed by atoms with E-state index in [1.54, 1.807) is 6.26 Å². The number of carbonyl (C=O) groups excluding carboxylic acids is 1. The molecule has 0 unspecified atom stereocenters. The maximum atomic E-state index is 13.3. The number of para-hydroxylation sites is 1. The first-order valence-electron chi connectivity index (χ1n) is 9.93. The first-order valence-corrected chi connectivity index (χ1v) is 9.93. The van der Waals surface area contributed by atoms with E-state index in [2.05, 4.69) is 9.80 Å². The number of benzene rings is 1. The highest BCUT2D eigenvalue weighted by Crippen LogP contribution is 2.35. The Kier molecular flexibility index (Phi) is 4.08. The van der Waals surface area contributed by atoms with Gasteiger partial charge in [0.1, 0.15) is 5.75 Å². The van der Waals surface area contributed by atoms with Crippen molar-refractivity contribution in [1.29, 1.82) is 0 Å². The van der Waals surface area contributed by atoms with Crippen molar-refractivity contribution >= 4 is 12.0 Å². The molecule has 3 saturated heterocycles. The molecule has 4 nitrogen and oxygen atoms in total. The van der Waals surface area contributed by atoms with E-state index in [9.17, 15) is 4.79 Å². The fourth-order valence-corrected chi connectivity index (χ4v) is 4.62. The molecular formula is C22H26N2O2. The fraction of sp³-hybridized carbons (Fsp3) is 0.500. The first kappa shape index (κ1) is 16.1. The Balaban J connectivity index is 1.36. The molecule has 6 rings (SSSR count). The van der Waals surface area contributed by atoms with Crippen LogP contribution in [0.25, 0.3) is 6.08 Å². The van der Waals surface area contributed by atoms with Gasteiger partial charge in [-0.25, -0.2) is 0 Å². The van der Waals surface area contributed by atoms with Crippen LogP contribution in [-0.2, 0) is 4.79 Å². The highest BCUT2D eigenvalue weighted by atomic mass is 16.5. The summed E-state index contributed by atoms with van der Waals surface area (Å²) in [5.74, 6) is 2.49. The molecule has 2 bridgehead atoms. The van der Waals surface area contributed by atoms with Crippen LogP contribution in [0.1, 0.15) is 31.2 Å². The number of nitrogens with zero attached hydrogens (tertiary/aromatic N) is 2. The number of piperidine rings is 1. The van der Waals surface area contributed by atoms with Crippen LogP contribution in [-0.4, -0.2) is 47.9 Å². The molecule has 26 heavy (non-hydrogen) atoms. The molecule has 1 aromatic rings. The number of ether oxygens (including phenoxy) is 1. The minimum atomic E-state index is 0.145. The molecular weight excluding hydrogens is 324 g/mol. The molecule has 0 N–H and O–H groups in total. The van der Waals surface area contributed by atoms with Crippen molar-refractivity contribution < 1.29 is 9.53 Å². The van der Waals surface area contributed by atoms with Crippen LogP contribution < -0.4 is 4.74 Å². The second-order valence-electron chi connectivity index (χ2n) is 8.26.